The van der Waals surface area contributed by atoms with Crippen LogP contribution < -0.4 is 5.84 Å². The van der Waals surface area contributed by atoms with Gasteiger partial charge >= 0.3 is 0 Å². The zero-order valence-electron chi connectivity index (χ0n) is 12.5. The molecule has 0 spiro atoms. The minimum Gasteiger partial charge on any atom is -0.276 e. The number of amides is 1. The van der Waals surface area contributed by atoms with Gasteiger partial charge in [0.25, 0.3) is 0 Å². The number of hydrogen-bond acceptors (Lipinski definition) is 4. The third-order valence-electron chi connectivity index (χ3n) is 3.51. The van der Waals surface area contributed by atoms with Gasteiger partial charge in [-0.25, -0.2) is 15.8 Å². The van der Waals surface area contributed by atoms with Gasteiger partial charge in [-0.15, -0.1) is 0 Å². The minimum atomic E-state index is -0.294. The van der Waals surface area contributed by atoms with Crippen LogP contribution in [0.4, 0.5) is 5.69 Å². The second-order valence-electron chi connectivity index (χ2n) is 5.11. The number of nitrogens with two attached hydrogens (primary N) is 1. The summed E-state index contributed by atoms with van der Waals surface area (Å²) in [5.74, 6) is 5.89. The fraction of sp³-hybridized carbons (Fsp3) is 0.118. The summed E-state index contributed by atoms with van der Waals surface area (Å²) in [6, 6.07) is 15.2. The quantitative estimate of drug-likeness (QED) is 0.497. The average Bonchev–Trinajstić information content (AvgIpc) is 2.74. The molecule has 3 rings (SSSR count). The van der Waals surface area contributed by atoms with E-state index < -0.39 is 0 Å². The Morgan fingerprint density at radius 2 is 1.96 bits per heavy atom. The van der Waals surface area contributed by atoms with Crippen LogP contribution in [0.25, 0.3) is 0 Å². The topological polar surface area (TPSA) is 71.0 Å². The lowest BCUT2D eigenvalue weighted by molar-refractivity contribution is -0.125. The van der Waals surface area contributed by atoms with E-state index in [1.54, 1.807) is 12.1 Å². The SMILES string of the molecule is CC(=O)N(N)C1=Nc2ccc(Cl)cc2C(c2ccccc2)=NC1. The zero-order valence-corrected chi connectivity index (χ0v) is 13.3. The van der Waals surface area contributed by atoms with E-state index in [4.69, 9.17) is 17.4 Å². The second-order valence-corrected chi connectivity index (χ2v) is 5.55. The van der Waals surface area contributed by atoms with Crippen molar-refractivity contribution in [1.29, 1.82) is 0 Å². The van der Waals surface area contributed by atoms with Crippen LogP contribution in [0.15, 0.2) is 58.5 Å². The molecule has 2 aromatic carbocycles. The molecule has 0 unspecified atom stereocenters. The lowest BCUT2D eigenvalue weighted by Crippen LogP contribution is -2.42. The molecule has 0 fully saturated rings. The molecule has 2 N–H and O–H groups in total. The predicted molar refractivity (Wildman–Crippen MR) is 92.2 cm³/mol. The fourth-order valence-electron chi connectivity index (χ4n) is 2.36. The third kappa shape index (κ3) is 3.16. The Balaban J connectivity index is 2.16. The van der Waals surface area contributed by atoms with E-state index >= 15 is 0 Å². The number of amidine groups is 1. The first-order valence-electron chi connectivity index (χ1n) is 7.09. The van der Waals surface area contributed by atoms with Crippen molar-refractivity contribution in [1.82, 2.24) is 5.01 Å². The Morgan fingerprint density at radius 1 is 1.22 bits per heavy atom. The summed E-state index contributed by atoms with van der Waals surface area (Å²) in [7, 11) is 0. The number of halogens is 1. The molecule has 0 aromatic heterocycles. The lowest BCUT2D eigenvalue weighted by atomic mass is 10.0. The standard InChI is InChI=1S/C17H15ClN4O/c1-11(23)22(19)16-10-20-17(12-5-3-2-4-6-12)14-9-13(18)7-8-15(14)21-16/h2-9H,10,19H2,1H3. The lowest BCUT2D eigenvalue weighted by Gasteiger charge is -2.14. The predicted octanol–water partition coefficient (Wildman–Crippen LogP) is 2.94. The first-order chi connectivity index (χ1) is 11.1. The minimum absolute atomic E-state index is 0.215. The molecule has 5 nitrogen and oxygen atoms in total. The Morgan fingerprint density at radius 3 is 2.65 bits per heavy atom. The molecule has 0 radical (unpaired) electrons. The molecular weight excluding hydrogens is 312 g/mol. The summed E-state index contributed by atoms with van der Waals surface area (Å²) >= 11 is 6.14. The van der Waals surface area contributed by atoms with Crippen LogP contribution in [-0.4, -0.2) is 29.0 Å². The van der Waals surface area contributed by atoms with Crippen molar-refractivity contribution in [3.8, 4) is 0 Å². The molecule has 1 aliphatic heterocycles. The summed E-state index contributed by atoms with van der Waals surface area (Å²) in [6.45, 7) is 1.60. The number of hydrogen-bond donors (Lipinski definition) is 1. The van der Waals surface area contributed by atoms with Gasteiger partial charge in [0.1, 0.15) is 5.84 Å². The number of benzene rings is 2. The van der Waals surface area contributed by atoms with Crippen LogP contribution >= 0.6 is 11.6 Å². The Labute approximate surface area is 139 Å². The Bertz CT molecular complexity index is 815. The highest BCUT2D eigenvalue weighted by molar-refractivity contribution is 6.31. The molecule has 23 heavy (non-hydrogen) atoms. The number of rotatable bonds is 1. The van der Waals surface area contributed by atoms with Gasteiger partial charge in [-0.3, -0.25) is 9.79 Å². The molecule has 1 heterocycles. The van der Waals surface area contributed by atoms with Gasteiger partial charge in [0.05, 0.1) is 17.9 Å². The molecule has 0 saturated carbocycles. The number of nitrogens with zero attached hydrogens (tertiary/aromatic N) is 3. The van der Waals surface area contributed by atoms with E-state index in [1.807, 2.05) is 36.4 Å². The molecule has 0 atom stereocenters. The van der Waals surface area contributed by atoms with Gasteiger partial charge < -0.3 is 0 Å². The number of carbonyl (C=O) groups is 1. The van der Waals surface area contributed by atoms with Crippen LogP contribution in [0.2, 0.25) is 5.02 Å². The fourth-order valence-corrected chi connectivity index (χ4v) is 2.53. The van der Waals surface area contributed by atoms with E-state index in [-0.39, 0.29) is 12.5 Å². The highest BCUT2D eigenvalue weighted by Gasteiger charge is 2.19. The molecule has 0 saturated heterocycles. The van der Waals surface area contributed by atoms with Gasteiger partial charge in [0.2, 0.25) is 5.91 Å². The van der Waals surface area contributed by atoms with E-state index in [0.29, 0.717) is 16.5 Å². The van der Waals surface area contributed by atoms with Gasteiger partial charge in [-0.05, 0) is 18.2 Å². The molecule has 0 bridgehead atoms. The summed E-state index contributed by atoms with van der Waals surface area (Å²) in [4.78, 5) is 20.6. The van der Waals surface area contributed by atoms with Crippen molar-refractivity contribution in [2.75, 3.05) is 6.54 Å². The molecule has 1 aliphatic rings. The van der Waals surface area contributed by atoms with Gasteiger partial charge in [0, 0.05) is 23.1 Å². The first-order valence-corrected chi connectivity index (χ1v) is 7.47. The zero-order chi connectivity index (χ0) is 16.4. The molecular formula is C17H15ClN4O. The van der Waals surface area contributed by atoms with Crippen LogP contribution in [0.1, 0.15) is 18.1 Å². The summed E-state index contributed by atoms with van der Waals surface area (Å²) in [5, 5.41) is 1.62. The van der Waals surface area contributed by atoms with Crippen molar-refractivity contribution < 1.29 is 4.79 Å². The van der Waals surface area contributed by atoms with Crippen molar-refractivity contribution in [2.45, 2.75) is 6.92 Å². The molecule has 1 amide bonds. The monoisotopic (exact) mass is 326 g/mol. The number of carbonyl (C=O) groups excluding carboxylic acids is 1. The largest absolute Gasteiger partial charge is 0.276 e. The van der Waals surface area contributed by atoms with E-state index in [0.717, 1.165) is 21.8 Å². The van der Waals surface area contributed by atoms with Crippen LogP contribution in [0.5, 0.6) is 0 Å². The highest BCUT2D eigenvalue weighted by atomic mass is 35.5. The van der Waals surface area contributed by atoms with E-state index in [9.17, 15) is 4.79 Å². The van der Waals surface area contributed by atoms with Crippen molar-refractivity contribution in [3.63, 3.8) is 0 Å². The smallest absolute Gasteiger partial charge is 0.239 e. The molecule has 2 aromatic rings. The maximum absolute atomic E-state index is 11.5. The second kappa shape index (κ2) is 6.32. The first kappa shape index (κ1) is 15.4. The van der Waals surface area contributed by atoms with Crippen molar-refractivity contribution >= 4 is 34.7 Å². The van der Waals surface area contributed by atoms with Crippen LogP contribution in [0, 0.1) is 0 Å². The summed E-state index contributed by atoms with van der Waals surface area (Å²) in [6.07, 6.45) is 0. The molecule has 116 valence electrons. The molecule has 6 heteroatoms. The number of fused-ring (bicyclic) bond motifs is 1. The van der Waals surface area contributed by atoms with E-state index in [2.05, 4.69) is 9.98 Å². The Hall–Kier alpha value is -2.50. The van der Waals surface area contributed by atoms with Crippen LogP contribution in [-0.2, 0) is 4.79 Å². The van der Waals surface area contributed by atoms with Crippen molar-refractivity contribution in [2.24, 2.45) is 15.8 Å². The summed E-state index contributed by atoms with van der Waals surface area (Å²) < 4.78 is 0. The third-order valence-corrected chi connectivity index (χ3v) is 3.74. The van der Waals surface area contributed by atoms with Gasteiger partial charge in [-0.1, -0.05) is 41.9 Å². The highest BCUT2D eigenvalue weighted by Crippen LogP contribution is 2.28. The van der Waals surface area contributed by atoms with Crippen molar-refractivity contribution in [3.05, 3.63) is 64.7 Å². The van der Waals surface area contributed by atoms with Gasteiger partial charge in [0.15, 0.2) is 0 Å². The van der Waals surface area contributed by atoms with Gasteiger partial charge in [-0.2, -0.15) is 0 Å². The number of hydrazine groups is 1. The van der Waals surface area contributed by atoms with Crippen LogP contribution in [0.3, 0.4) is 0 Å². The Kier molecular flexibility index (Phi) is 4.23. The maximum atomic E-state index is 11.5. The number of aliphatic imine (C=N–C) groups is 2. The van der Waals surface area contributed by atoms with E-state index in [1.165, 1.54) is 6.92 Å². The normalized spacial score (nSPS) is 13.5. The summed E-state index contributed by atoms with van der Waals surface area (Å²) in [5.41, 5.74) is 3.23. The molecule has 0 aliphatic carbocycles. The maximum Gasteiger partial charge on any atom is 0.239 e. The average molecular weight is 327 g/mol.